The molecule has 0 atom stereocenters. The molecule has 1 heterocycles. The number of rotatable bonds is 5. The van der Waals surface area contributed by atoms with Crippen molar-refractivity contribution in [3.8, 4) is 11.5 Å². The van der Waals surface area contributed by atoms with Crippen LogP contribution in [0.5, 0.6) is 11.5 Å². The number of primary amides is 1. The Morgan fingerprint density at radius 1 is 1.15 bits per heavy atom. The Balaban J connectivity index is 1.88. The van der Waals surface area contributed by atoms with Crippen LogP contribution in [0.2, 0.25) is 5.02 Å². The normalized spacial score (nSPS) is 12.3. The van der Waals surface area contributed by atoms with Crippen LogP contribution in [0.4, 0.5) is 33.7 Å². The monoisotopic (exact) mass is 487 g/mol. The van der Waals surface area contributed by atoms with Crippen LogP contribution in [-0.2, 0) is 6.18 Å². The van der Waals surface area contributed by atoms with E-state index in [9.17, 15) is 32.4 Å². The Bertz CT molecular complexity index is 1360. The topological polar surface area (TPSA) is 120 Å². The van der Waals surface area contributed by atoms with Crippen molar-refractivity contribution in [2.75, 3.05) is 10.6 Å². The molecule has 0 unspecified atom stereocenters. The van der Waals surface area contributed by atoms with Crippen molar-refractivity contribution in [2.45, 2.75) is 6.18 Å². The highest BCUT2D eigenvalue weighted by atomic mass is 35.5. The second-order valence-electron chi connectivity index (χ2n) is 6.20. The number of hydrogen-bond acceptors (Lipinski definition) is 4. The fraction of sp³-hybridized carbons (Fsp3) is 0.0500. The summed E-state index contributed by atoms with van der Waals surface area (Å²) in [5, 5.41) is 14.8. The highest BCUT2D eigenvalue weighted by Gasteiger charge is 2.33. The number of ether oxygens (including phenoxy) is 1. The number of halogens is 5. The van der Waals surface area contributed by atoms with Crippen LogP contribution < -0.4 is 25.8 Å². The quantitative estimate of drug-likeness (QED) is 0.275. The summed E-state index contributed by atoms with van der Waals surface area (Å²) >= 11 is 5.51. The molecule has 13 heteroatoms. The summed E-state index contributed by atoms with van der Waals surface area (Å²) in [6, 6.07) is 0.215. The molecule has 0 aliphatic carbocycles. The number of benzene rings is 2. The number of hydrogen-bond donors (Lipinski definition) is 3. The van der Waals surface area contributed by atoms with E-state index < -0.39 is 69.8 Å². The minimum Gasteiger partial charge on any atom is -0.618 e. The average Bonchev–Trinajstić information content (AvgIpc) is 2.79. The number of nitrogens with one attached hydrogen (secondary N) is 2. The Labute approximate surface area is 192 Å². The minimum atomic E-state index is -4.81. The average molecular weight is 488 g/mol. The van der Waals surface area contributed by atoms with Crippen molar-refractivity contribution < 1.29 is 40.7 Å². The first-order valence-electron chi connectivity index (χ1n) is 10.2. The standard InChI is InChI=1S/C20H13ClF4N4O4/c21-14-3-1-10(7-13(14)20(23,24)25)27-19(31)28-16-4-2-11(8-15(16)22)33-12-5-6-29(32)17(9-12)18(26)30/h1-9H,(H2,26,30)(H2,27,28,31)/i2D,4D,8D. The number of alkyl halides is 3. The number of pyridine rings is 1. The molecule has 0 aliphatic heterocycles. The number of nitrogens with zero attached hydrogens (tertiary/aromatic N) is 1. The molecule has 2 aromatic carbocycles. The van der Waals surface area contributed by atoms with Gasteiger partial charge in [0.25, 0.3) is 5.69 Å². The van der Waals surface area contributed by atoms with E-state index in [-0.39, 0.29) is 16.2 Å². The molecule has 0 bridgehead atoms. The van der Waals surface area contributed by atoms with E-state index in [1.54, 1.807) is 0 Å². The molecular weight excluding hydrogens is 472 g/mol. The Kier molecular flexibility index (Phi) is 5.47. The molecule has 33 heavy (non-hydrogen) atoms. The van der Waals surface area contributed by atoms with E-state index in [0.29, 0.717) is 6.07 Å². The fourth-order valence-electron chi connectivity index (χ4n) is 2.43. The minimum absolute atomic E-state index is 0.124. The maximum absolute atomic E-state index is 14.8. The lowest BCUT2D eigenvalue weighted by molar-refractivity contribution is -0.607. The summed E-state index contributed by atoms with van der Waals surface area (Å²) in [5.74, 6) is -3.68. The van der Waals surface area contributed by atoms with E-state index >= 15 is 0 Å². The molecule has 0 spiro atoms. The lowest BCUT2D eigenvalue weighted by atomic mass is 10.2. The van der Waals surface area contributed by atoms with Gasteiger partial charge in [0.2, 0.25) is 0 Å². The van der Waals surface area contributed by atoms with Crippen molar-refractivity contribution >= 4 is 34.9 Å². The largest absolute Gasteiger partial charge is 0.618 e. The van der Waals surface area contributed by atoms with Crippen LogP contribution in [0.15, 0.2) is 54.7 Å². The zero-order valence-electron chi connectivity index (χ0n) is 19.0. The molecule has 172 valence electrons. The molecule has 3 rings (SSSR count). The van der Waals surface area contributed by atoms with Gasteiger partial charge in [-0.2, -0.15) is 17.9 Å². The van der Waals surface area contributed by atoms with E-state index in [4.69, 9.17) is 26.2 Å². The van der Waals surface area contributed by atoms with Gasteiger partial charge in [0.05, 0.1) is 26.5 Å². The smallest absolute Gasteiger partial charge is 0.417 e. The van der Waals surface area contributed by atoms with E-state index in [0.717, 1.165) is 30.5 Å². The number of nitrogens with two attached hydrogens (primary N) is 1. The van der Waals surface area contributed by atoms with Gasteiger partial charge >= 0.3 is 18.1 Å². The summed E-state index contributed by atoms with van der Waals surface area (Å²) in [4.78, 5) is 23.6. The van der Waals surface area contributed by atoms with Crippen molar-refractivity contribution in [1.82, 2.24) is 0 Å². The molecule has 0 fully saturated rings. The van der Waals surface area contributed by atoms with Crippen molar-refractivity contribution in [3.63, 3.8) is 0 Å². The predicted molar refractivity (Wildman–Crippen MR) is 109 cm³/mol. The third kappa shape index (κ3) is 5.80. The summed E-state index contributed by atoms with van der Waals surface area (Å²) in [6.45, 7) is 0. The first kappa shape index (κ1) is 19.6. The lowest BCUT2D eigenvalue weighted by Gasteiger charge is -2.13. The molecule has 8 nitrogen and oxygen atoms in total. The number of aromatic nitrogens is 1. The van der Waals surface area contributed by atoms with Gasteiger partial charge in [0.1, 0.15) is 17.3 Å². The SMILES string of the molecule is [2H]c1c([2H])c(Oc2cc[n+]([O-])c(C(N)=O)c2)c([2H])c(F)c1NC(=O)Nc1ccc(Cl)c(C(F)(F)F)c1. The summed E-state index contributed by atoms with van der Waals surface area (Å²) < 4.78 is 83.1. The van der Waals surface area contributed by atoms with Gasteiger partial charge < -0.3 is 26.3 Å². The Morgan fingerprint density at radius 2 is 1.88 bits per heavy atom. The Morgan fingerprint density at radius 3 is 2.55 bits per heavy atom. The van der Waals surface area contributed by atoms with Gasteiger partial charge in [-0.3, -0.25) is 4.79 Å². The maximum Gasteiger partial charge on any atom is 0.417 e. The van der Waals surface area contributed by atoms with E-state index in [2.05, 4.69) is 0 Å². The van der Waals surface area contributed by atoms with Crippen LogP contribution in [0.3, 0.4) is 0 Å². The zero-order chi connectivity index (χ0) is 26.9. The fourth-order valence-corrected chi connectivity index (χ4v) is 2.65. The first-order valence-corrected chi connectivity index (χ1v) is 9.03. The molecule has 0 aliphatic rings. The molecule has 3 aromatic rings. The van der Waals surface area contributed by atoms with Gasteiger partial charge in [0.15, 0.2) is 6.20 Å². The number of amides is 3. The second-order valence-corrected chi connectivity index (χ2v) is 6.61. The third-order valence-electron chi connectivity index (χ3n) is 3.87. The van der Waals surface area contributed by atoms with E-state index in [1.807, 2.05) is 10.6 Å². The first-order chi connectivity index (χ1) is 16.7. The summed E-state index contributed by atoms with van der Waals surface area (Å²) in [7, 11) is 0. The molecule has 3 amide bonds. The van der Waals surface area contributed by atoms with Gasteiger partial charge in [-0.25, -0.2) is 9.18 Å². The van der Waals surface area contributed by atoms with Crippen LogP contribution in [-0.4, -0.2) is 11.9 Å². The van der Waals surface area contributed by atoms with Crippen LogP contribution in [0, 0.1) is 11.0 Å². The third-order valence-corrected chi connectivity index (χ3v) is 4.20. The number of carbonyl (C=O) groups is 2. The van der Waals surface area contributed by atoms with Crippen LogP contribution in [0.25, 0.3) is 0 Å². The summed E-state index contributed by atoms with van der Waals surface area (Å²) in [5.41, 5.74) is 1.98. The second kappa shape index (κ2) is 9.20. The van der Waals surface area contributed by atoms with Crippen molar-refractivity contribution in [2.24, 2.45) is 5.73 Å². The van der Waals surface area contributed by atoms with Crippen molar-refractivity contribution in [3.05, 3.63) is 82.0 Å². The van der Waals surface area contributed by atoms with E-state index in [1.165, 1.54) is 0 Å². The van der Waals surface area contributed by atoms with Crippen LogP contribution in [0.1, 0.15) is 20.2 Å². The number of urea groups is 1. The van der Waals surface area contributed by atoms with Crippen molar-refractivity contribution in [1.29, 1.82) is 0 Å². The Hall–Kier alpha value is -4.06. The number of carbonyl (C=O) groups excluding carboxylic acids is 2. The van der Waals surface area contributed by atoms with Gasteiger partial charge in [-0.05, 0) is 30.3 Å². The van der Waals surface area contributed by atoms with Gasteiger partial charge in [0, 0.05) is 17.8 Å². The van der Waals surface area contributed by atoms with Crippen LogP contribution >= 0.6 is 11.6 Å². The highest BCUT2D eigenvalue weighted by molar-refractivity contribution is 6.31. The highest BCUT2D eigenvalue weighted by Crippen LogP contribution is 2.36. The van der Waals surface area contributed by atoms with Gasteiger partial charge in [-0.15, -0.1) is 0 Å². The van der Waals surface area contributed by atoms with Gasteiger partial charge in [-0.1, -0.05) is 11.6 Å². The molecule has 0 radical (unpaired) electrons. The molecular formula is C20H13ClF4N4O4. The predicted octanol–water partition coefficient (Wildman–Crippen LogP) is 4.67. The molecule has 0 saturated heterocycles. The lowest BCUT2D eigenvalue weighted by Crippen LogP contribution is -2.36. The molecule has 1 aromatic heterocycles. The molecule has 0 saturated carbocycles. The zero-order valence-corrected chi connectivity index (χ0v) is 16.8. The number of anilines is 2. The molecule has 4 N–H and O–H groups in total. The summed E-state index contributed by atoms with van der Waals surface area (Å²) in [6.07, 6.45) is -3.98. The maximum atomic E-state index is 14.8.